The second-order valence-electron chi connectivity index (χ2n) is 6.86. The molecule has 0 bridgehead atoms. The third-order valence-corrected chi connectivity index (χ3v) is 3.89. The number of hydrogen-bond donors (Lipinski definition) is 2. The number of ether oxygens (including phenoxy) is 1. The van der Waals surface area contributed by atoms with Crippen LogP contribution in [0.3, 0.4) is 0 Å². The average molecular weight is 306 g/mol. The fourth-order valence-corrected chi connectivity index (χ4v) is 2.69. The number of carbonyl (C=O) groups excluding carboxylic acids is 1. The van der Waals surface area contributed by atoms with Crippen LogP contribution in [-0.4, -0.2) is 46.9 Å². The third kappa shape index (κ3) is 3.99. The zero-order chi connectivity index (χ0) is 16.2. The van der Waals surface area contributed by atoms with Crippen molar-refractivity contribution in [1.29, 1.82) is 0 Å². The number of rotatable bonds is 4. The molecule has 1 aliphatic rings. The number of nitrogens with one attached hydrogen (secondary N) is 1. The second kappa shape index (κ2) is 6.67. The Bertz CT molecular complexity index is 490. The van der Waals surface area contributed by atoms with Gasteiger partial charge in [0.2, 0.25) is 0 Å². The van der Waals surface area contributed by atoms with E-state index in [1.54, 1.807) is 4.90 Å². The summed E-state index contributed by atoms with van der Waals surface area (Å²) in [5.74, 6) is 0. The van der Waals surface area contributed by atoms with Gasteiger partial charge in [-0.3, -0.25) is 4.90 Å². The van der Waals surface area contributed by atoms with Crippen molar-refractivity contribution in [3.63, 3.8) is 0 Å². The highest BCUT2D eigenvalue weighted by atomic mass is 16.6. The molecule has 2 rings (SSSR count). The number of carbonyl (C=O) groups is 1. The van der Waals surface area contributed by atoms with Crippen LogP contribution in [0.25, 0.3) is 0 Å². The number of aliphatic hydroxyl groups excluding tert-OH is 1. The molecule has 5 nitrogen and oxygen atoms in total. The summed E-state index contributed by atoms with van der Waals surface area (Å²) >= 11 is 0. The largest absolute Gasteiger partial charge is 0.444 e. The quantitative estimate of drug-likeness (QED) is 0.895. The minimum Gasteiger partial charge on any atom is -0.444 e. The van der Waals surface area contributed by atoms with Crippen LogP contribution < -0.4 is 5.32 Å². The Morgan fingerprint density at radius 3 is 2.55 bits per heavy atom. The maximum absolute atomic E-state index is 12.7. The Kier molecular flexibility index (Phi) is 5.08. The summed E-state index contributed by atoms with van der Waals surface area (Å²) < 4.78 is 5.56. The second-order valence-corrected chi connectivity index (χ2v) is 6.86. The van der Waals surface area contributed by atoms with Crippen molar-refractivity contribution in [2.45, 2.75) is 44.9 Å². The molecule has 1 saturated heterocycles. The van der Waals surface area contributed by atoms with Crippen molar-refractivity contribution in [3.8, 4) is 0 Å². The van der Waals surface area contributed by atoms with Gasteiger partial charge in [0.05, 0.1) is 12.1 Å². The molecule has 0 unspecified atom stereocenters. The van der Waals surface area contributed by atoms with E-state index in [-0.39, 0.29) is 12.7 Å². The first-order valence-corrected chi connectivity index (χ1v) is 7.72. The predicted molar refractivity (Wildman–Crippen MR) is 85.5 cm³/mol. The lowest BCUT2D eigenvalue weighted by molar-refractivity contribution is -0.0170. The monoisotopic (exact) mass is 306 g/mol. The van der Waals surface area contributed by atoms with E-state index in [0.29, 0.717) is 13.1 Å². The van der Waals surface area contributed by atoms with Crippen LogP contribution in [-0.2, 0) is 11.3 Å². The standard InChI is InChI=1S/C17H26N2O3/c1-16(2,3)22-15(21)19(11-14-7-5-4-6-8-14)17(13-20)9-10-18-12-17/h4-8,18,20H,9-13H2,1-3H3/t17-/m1/s1. The van der Waals surface area contributed by atoms with Crippen molar-refractivity contribution in [2.24, 2.45) is 0 Å². The molecule has 0 saturated carbocycles. The Labute approximate surface area is 132 Å². The lowest BCUT2D eigenvalue weighted by atomic mass is 9.96. The van der Waals surface area contributed by atoms with Gasteiger partial charge >= 0.3 is 6.09 Å². The number of nitrogens with zero attached hydrogens (tertiary/aromatic N) is 1. The lowest BCUT2D eigenvalue weighted by Crippen LogP contribution is -2.56. The molecule has 22 heavy (non-hydrogen) atoms. The van der Waals surface area contributed by atoms with Crippen LogP contribution in [0, 0.1) is 0 Å². The summed E-state index contributed by atoms with van der Waals surface area (Å²) in [6.07, 6.45) is 0.337. The molecular weight excluding hydrogens is 280 g/mol. The summed E-state index contributed by atoms with van der Waals surface area (Å²) in [5, 5.41) is 13.2. The van der Waals surface area contributed by atoms with Gasteiger partial charge in [0.1, 0.15) is 5.60 Å². The molecule has 5 heteroatoms. The molecule has 1 heterocycles. The fourth-order valence-electron chi connectivity index (χ4n) is 2.69. The Hall–Kier alpha value is -1.59. The van der Waals surface area contributed by atoms with Crippen molar-refractivity contribution >= 4 is 6.09 Å². The first-order chi connectivity index (χ1) is 10.4. The molecule has 1 aliphatic heterocycles. The Morgan fingerprint density at radius 2 is 2.05 bits per heavy atom. The minimum absolute atomic E-state index is 0.0773. The highest BCUT2D eigenvalue weighted by Crippen LogP contribution is 2.27. The molecule has 0 aliphatic carbocycles. The molecule has 0 aromatic heterocycles. The molecular formula is C17H26N2O3. The normalized spacial score (nSPS) is 21.6. The van der Waals surface area contributed by atoms with Gasteiger partial charge in [0, 0.05) is 13.1 Å². The van der Waals surface area contributed by atoms with Crippen LogP contribution in [0.1, 0.15) is 32.8 Å². The highest BCUT2D eigenvalue weighted by molar-refractivity contribution is 5.69. The topological polar surface area (TPSA) is 61.8 Å². The molecule has 0 radical (unpaired) electrons. The van der Waals surface area contributed by atoms with Gasteiger partial charge in [0.25, 0.3) is 0 Å². The van der Waals surface area contributed by atoms with E-state index in [4.69, 9.17) is 4.74 Å². The molecule has 1 fully saturated rings. The zero-order valence-electron chi connectivity index (χ0n) is 13.6. The predicted octanol–water partition coefficient (Wildman–Crippen LogP) is 2.15. The van der Waals surface area contributed by atoms with Crippen LogP contribution in [0.15, 0.2) is 30.3 Å². The molecule has 0 spiro atoms. The molecule has 122 valence electrons. The van der Waals surface area contributed by atoms with Crippen molar-refractivity contribution in [3.05, 3.63) is 35.9 Å². The van der Waals surface area contributed by atoms with Gasteiger partial charge in [-0.15, -0.1) is 0 Å². The maximum Gasteiger partial charge on any atom is 0.411 e. The van der Waals surface area contributed by atoms with Gasteiger partial charge < -0.3 is 15.2 Å². The number of aliphatic hydroxyl groups is 1. The van der Waals surface area contributed by atoms with Crippen LogP contribution >= 0.6 is 0 Å². The fraction of sp³-hybridized carbons (Fsp3) is 0.588. The number of benzene rings is 1. The van der Waals surface area contributed by atoms with Gasteiger partial charge in [-0.2, -0.15) is 0 Å². The Morgan fingerprint density at radius 1 is 1.36 bits per heavy atom. The summed E-state index contributed by atoms with van der Waals surface area (Å²) in [4.78, 5) is 14.4. The number of amides is 1. The van der Waals surface area contributed by atoms with E-state index < -0.39 is 11.1 Å². The first kappa shape index (κ1) is 16.8. The molecule has 1 aromatic carbocycles. The highest BCUT2D eigenvalue weighted by Gasteiger charge is 2.43. The molecule has 1 amide bonds. The lowest BCUT2D eigenvalue weighted by Gasteiger charge is -2.40. The van der Waals surface area contributed by atoms with Crippen molar-refractivity contribution in [1.82, 2.24) is 10.2 Å². The SMILES string of the molecule is CC(C)(C)OC(=O)N(Cc1ccccc1)[C@]1(CO)CCNC1. The van der Waals surface area contributed by atoms with Gasteiger partial charge in [-0.1, -0.05) is 30.3 Å². The van der Waals surface area contributed by atoms with Crippen molar-refractivity contribution in [2.75, 3.05) is 19.7 Å². The van der Waals surface area contributed by atoms with E-state index in [9.17, 15) is 9.90 Å². The molecule has 1 atom stereocenters. The van der Waals surface area contributed by atoms with Crippen LogP contribution in [0.5, 0.6) is 0 Å². The van der Waals surface area contributed by atoms with Crippen LogP contribution in [0.2, 0.25) is 0 Å². The van der Waals surface area contributed by atoms with Crippen molar-refractivity contribution < 1.29 is 14.6 Å². The Balaban J connectivity index is 2.25. The van der Waals surface area contributed by atoms with E-state index in [1.165, 1.54) is 0 Å². The summed E-state index contributed by atoms with van der Waals surface area (Å²) in [7, 11) is 0. The summed E-state index contributed by atoms with van der Waals surface area (Å²) in [5.41, 5.74) is -0.138. The van der Waals surface area contributed by atoms with E-state index in [0.717, 1.165) is 18.5 Å². The van der Waals surface area contributed by atoms with E-state index in [2.05, 4.69) is 5.32 Å². The zero-order valence-corrected chi connectivity index (χ0v) is 13.6. The van der Waals surface area contributed by atoms with Gasteiger partial charge in [0.15, 0.2) is 0 Å². The smallest absolute Gasteiger partial charge is 0.411 e. The molecule has 2 N–H and O–H groups in total. The van der Waals surface area contributed by atoms with Crippen LogP contribution in [0.4, 0.5) is 4.79 Å². The maximum atomic E-state index is 12.7. The summed E-state index contributed by atoms with van der Waals surface area (Å²) in [6.45, 7) is 7.27. The first-order valence-electron chi connectivity index (χ1n) is 7.72. The van der Waals surface area contributed by atoms with Gasteiger partial charge in [-0.05, 0) is 39.3 Å². The van der Waals surface area contributed by atoms with Gasteiger partial charge in [-0.25, -0.2) is 4.79 Å². The number of hydrogen-bond acceptors (Lipinski definition) is 4. The van der Waals surface area contributed by atoms with E-state index >= 15 is 0 Å². The van der Waals surface area contributed by atoms with E-state index in [1.807, 2.05) is 51.1 Å². The third-order valence-electron chi connectivity index (χ3n) is 3.89. The average Bonchev–Trinajstić information content (AvgIpc) is 2.94. The minimum atomic E-state index is -0.599. The summed E-state index contributed by atoms with van der Waals surface area (Å²) in [6, 6.07) is 9.79. The molecule has 1 aromatic rings.